The second-order valence-corrected chi connectivity index (χ2v) is 5.00. The number of nitrogens with one attached hydrogen (secondary N) is 2. The molecule has 0 radical (unpaired) electrons. The maximum Gasteiger partial charge on any atom is 0.0347 e. The molecule has 0 aliphatic carbocycles. The van der Waals surface area contributed by atoms with Crippen molar-refractivity contribution in [2.24, 2.45) is 0 Å². The lowest BCUT2D eigenvalue weighted by Gasteiger charge is -2.34. The molecule has 2 rings (SSSR count). The van der Waals surface area contributed by atoms with Crippen molar-refractivity contribution < 1.29 is 0 Å². The fraction of sp³-hybridized carbons (Fsp3) is 0.643. The monoisotopic (exact) mass is 248 g/mol. The summed E-state index contributed by atoms with van der Waals surface area (Å²) in [6.07, 6.45) is 4.92. The first-order valence-corrected chi connectivity index (χ1v) is 6.83. The van der Waals surface area contributed by atoms with Gasteiger partial charge in [0.05, 0.1) is 0 Å². The Morgan fingerprint density at radius 1 is 1.44 bits per heavy atom. The Labute approximate surface area is 110 Å². The van der Waals surface area contributed by atoms with E-state index in [2.05, 4.69) is 33.5 Å². The van der Waals surface area contributed by atoms with Crippen molar-refractivity contribution in [3.63, 3.8) is 0 Å². The van der Waals surface area contributed by atoms with Crippen molar-refractivity contribution in [1.29, 1.82) is 0 Å². The van der Waals surface area contributed by atoms with Crippen LogP contribution in [0.4, 0.5) is 0 Å². The molecule has 0 aromatic carbocycles. The Morgan fingerprint density at radius 2 is 2.22 bits per heavy atom. The van der Waals surface area contributed by atoms with Crippen molar-refractivity contribution in [1.82, 2.24) is 20.5 Å². The molecule has 0 bridgehead atoms. The molecular formula is C14H24N4. The minimum atomic E-state index is 0.392. The lowest BCUT2D eigenvalue weighted by Crippen LogP contribution is -2.48. The molecule has 0 saturated carbocycles. The molecule has 0 spiro atoms. The third kappa shape index (κ3) is 3.51. The standard InChI is InChI=1S/C14H24N4/c1-12(18-8-6-16-7-9-18)10-14(15-2)13-4-3-5-17-11-13/h3-5,11-12,14-16H,6-10H2,1-2H3. The normalized spacial score (nSPS) is 20.6. The average molecular weight is 248 g/mol. The van der Waals surface area contributed by atoms with Crippen LogP contribution in [0.25, 0.3) is 0 Å². The topological polar surface area (TPSA) is 40.2 Å². The van der Waals surface area contributed by atoms with Crippen molar-refractivity contribution >= 4 is 0 Å². The average Bonchev–Trinajstić information content (AvgIpc) is 2.46. The fourth-order valence-electron chi connectivity index (χ4n) is 2.62. The van der Waals surface area contributed by atoms with Crippen molar-refractivity contribution in [3.8, 4) is 0 Å². The van der Waals surface area contributed by atoms with Crippen LogP contribution in [0.1, 0.15) is 24.9 Å². The maximum atomic E-state index is 4.21. The molecule has 18 heavy (non-hydrogen) atoms. The molecule has 2 unspecified atom stereocenters. The quantitative estimate of drug-likeness (QED) is 0.816. The predicted molar refractivity (Wildman–Crippen MR) is 74.6 cm³/mol. The molecule has 1 saturated heterocycles. The SMILES string of the molecule is CNC(CC(C)N1CCNCC1)c1cccnc1. The first kappa shape index (κ1) is 13.5. The molecule has 0 amide bonds. The number of hydrogen-bond donors (Lipinski definition) is 2. The van der Waals surface area contributed by atoms with Gasteiger partial charge in [0.2, 0.25) is 0 Å². The van der Waals surface area contributed by atoms with Gasteiger partial charge in [-0.1, -0.05) is 6.07 Å². The van der Waals surface area contributed by atoms with E-state index in [1.165, 1.54) is 5.56 Å². The van der Waals surface area contributed by atoms with Gasteiger partial charge in [0.15, 0.2) is 0 Å². The van der Waals surface area contributed by atoms with Crippen LogP contribution < -0.4 is 10.6 Å². The van der Waals surface area contributed by atoms with Gasteiger partial charge >= 0.3 is 0 Å². The van der Waals surface area contributed by atoms with Gasteiger partial charge in [0.1, 0.15) is 0 Å². The van der Waals surface area contributed by atoms with Crippen LogP contribution in [0.2, 0.25) is 0 Å². The van der Waals surface area contributed by atoms with Gasteiger partial charge in [0, 0.05) is 50.7 Å². The summed E-state index contributed by atoms with van der Waals surface area (Å²) in [7, 11) is 2.03. The molecule has 4 heteroatoms. The number of rotatable bonds is 5. The van der Waals surface area contributed by atoms with E-state index in [0.29, 0.717) is 12.1 Å². The van der Waals surface area contributed by atoms with Gasteiger partial charge in [-0.2, -0.15) is 0 Å². The van der Waals surface area contributed by atoms with Crippen LogP contribution in [-0.4, -0.2) is 49.2 Å². The zero-order chi connectivity index (χ0) is 12.8. The van der Waals surface area contributed by atoms with E-state index >= 15 is 0 Å². The van der Waals surface area contributed by atoms with E-state index in [9.17, 15) is 0 Å². The number of hydrogen-bond acceptors (Lipinski definition) is 4. The number of nitrogens with zero attached hydrogens (tertiary/aromatic N) is 2. The van der Waals surface area contributed by atoms with E-state index in [1.807, 2.05) is 25.5 Å². The first-order valence-electron chi connectivity index (χ1n) is 6.83. The molecule has 1 aromatic rings. The second-order valence-electron chi connectivity index (χ2n) is 5.00. The van der Waals surface area contributed by atoms with Crippen LogP contribution in [0.3, 0.4) is 0 Å². The smallest absolute Gasteiger partial charge is 0.0347 e. The van der Waals surface area contributed by atoms with Crippen molar-refractivity contribution in [2.45, 2.75) is 25.4 Å². The maximum absolute atomic E-state index is 4.21. The zero-order valence-corrected chi connectivity index (χ0v) is 11.4. The third-order valence-electron chi connectivity index (χ3n) is 3.79. The third-order valence-corrected chi connectivity index (χ3v) is 3.79. The summed E-state index contributed by atoms with van der Waals surface area (Å²) in [6.45, 7) is 6.87. The first-order chi connectivity index (χ1) is 8.81. The summed E-state index contributed by atoms with van der Waals surface area (Å²) in [5.41, 5.74) is 1.28. The van der Waals surface area contributed by atoms with E-state index in [4.69, 9.17) is 0 Å². The molecule has 1 aliphatic heterocycles. The summed E-state index contributed by atoms with van der Waals surface area (Å²) in [4.78, 5) is 6.78. The van der Waals surface area contributed by atoms with E-state index in [1.54, 1.807) is 0 Å². The van der Waals surface area contributed by atoms with Gasteiger partial charge in [-0.3, -0.25) is 9.88 Å². The summed E-state index contributed by atoms with van der Waals surface area (Å²) >= 11 is 0. The van der Waals surface area contributed by atoms with E-state index in [0.717, 1.165) is 32.6 Å². The van der Waals surface area contributed by atoms with Crippen LogP contribution in [0, 0.1) is 0 Å². The summed E-state index contributed by atoms with van der Waals surface area (Å²) in [5.74, 6) is 0. The molecule has 2 heterocycles. The fourth-order valence-corrected chi connectivity index (χ4v) is 2.62. The van der Waals surface area contributed by atoms with Gasteiger partial charge in [-0.25, -0.2) is 0 Å². The molecule has 4 nitrogen and oxygen atoms in total. The zero-order valence-electron chi connectivity index (χ0n) is 11.4. The van der Waals surface area contributed by atoms with Crippen LogP contribution in [-0.2, 0) is 0 Å². The van der Waals surface area contributed by atoms with Gasteiger partial charge < -0.3 is 10.6 Å². The highest BCUT2D eigenvalue weighted by Crippen LogP contribution is 2.19. The Hall–Kier alpha value is -0.970. The molecule has 1 fully saturated rings. The number of aromatic nitrogens is 1. The van der Waals surface area contributed by atoms with Crippen molar-refractivity contribution in [2.75, 3.05) is 33.2 Å². The minimum Gasteiger partial charge on any atom is -0.314 e. The summed E-state index contributed by atoms with van der Waals surface area (Å²) in [6, 6.07) is 5.15. The largest absolute Gasteiger partial charge is 0.314 e. The lowest BCUT2D eigenvalue weighted by atomic mass is 10.0. The highest BCUT2D eigenvalue weighted by Gasteiger charge is 2.20. The summed E-state index contributed by atoms with van der Waals surface area (Å²) in [5, 5.41) is 6.81. The van der Waals surface area contributed by atoms with Gasteiger partial charge in [0.25, 0.3) is 0 Å². The Balaban J connectivity index is 1.93. The van der Waals surface area contributed by atoms with Gasteiger partial charge in [-0.15, -0.1) is 0 Å². The van der Waals surface area contributed by atoms with Gasteiger partial charge in [-0.05, 0) is 32.0 Å². The molecule has 100 valence electrons. The number of pyridine rings is 1. The van der Waals surface area contributed by atoms with E-state index in [-0.39, 0.29) is 0 Å². The Morgan fingerprint density at radius 3 is 2.83 bits per heavy atom. The van der Waals surface area contributed by atoms with Crippen LogP contribution >= 0.6 is 0 Å². The summed E-state index contributed by atoms with van der Waals surface area (Å²) < 4.78 is 0. The number of piperazine rings is 1. The highest BCUT2D eigenvalue weighted by molar-refractivity contribution is 5.14. The minimum absolute atomic E-state index is 0.392. The molecule has 2 N–H and O–H groups in total. The molecule has 1 aromatic heterocycles. The highest BCUT2D eigenvalue weighted by atomic mass is 15.2. The van der Waals surface area contributed by atoms with E-state index < -0.39 is 0 Å². The van der Waals surface area contributed by atoms with Crippen LogP contribution in [0.15, 0.2) is 24.5 Å². The molecular weight excluding hydrogens is 224 g/mol. The van der Waals surface area contributed by atoms with Crippen molar-refractivity contribution in [3.05, 3.63) is 30.1 Å². The Kier molecular flexibility index (Phi) is 5.11. The van der Waals surface area contributed by atoms with Crippen LogP contribution in [0.5, 0.6) is 0 Å². The molecule has 2 atom stereocenters. The second kappa shape index (κ2) is 6.83. The molecule has 1 aliphatic rings. The Bertz CT molecular complexity index is 335. The lowest BCUT2D eigenvalue weighted by molar-refractivity contribution is 0.167. The predicted octanol–water partition coefficient (Wildman–Crippen LogP) is 1.03.